The van der Waals surface area contributed by atoms with Gasteiger partial charge in [0.05, 0.1) is 10.6 Å². The van der Waals surface area contributed by atoms with Crippen LogP contribution in [0.2, 0.25) is 0 Å². The first-order chi connectivity index (χ1) is 10.9. The van der Waals surface area contributed by atoms with Crippen molar-refractivity contribution in [2.24, 2.45) is 0 Å². The van der Waals surface area contributed by atoms with E-state index >= 15 is 0 Å². The SMILES string of the molecule is Cc1cc(C)c(C)c(S(=O)(=O)Nc2ccccc2C(C)(C)C)c1C. The molecule has 0 heterocycles. The highest BCUT2D eigenvalue weighted by atomic mass is 32.2. The van der Waals surface area contributed by atoms with E-state index in [1.807, 2.05) is 58.0 Å². The second-order valence-corrected chi connectivity index (χ2v) is 9.11. The van der Waals surface area contributed by atoms with Crippen LogP contribution in [0.15, 0.2) is 35.2 Å². The fourth-order valence-electron chi connectivity index (χ4n) is 3.01. The molecule has 24 heavy (non-hydrogen) atoms. The van der Waals surface area contributed by atoms with Crippen molar-refractivity contribution in [2.45, 2.75) is 58.8 Å². The highest BCUT2D eigenvalue weighted by Crippen LogP contribution is 2.33. The first-order valence-electron chi connectivity index (χ1n) is 8.15. The van der Waals surface area contributed by atoms with Crippen LogP contribution in [0.1, 0.15) is 48.6 Å². The lowest BCUT2D eigenvalue weighted by molar-refractivity contribution is 0.590. The average Bonchev–Trinajstić information content (AvgIpc) is 2.44. The maximum Gasteiger partial charge on any atom is 0.262 e. The van der Waals surface area contributed by atoms with Crippen LogP contribution in [-0.4, -0.2) is 8.42 Å². The van der Waals surface area contributed by atoms with Crippen molar-refractivity contribution >= 4 is 15.7 Å². The molecule has 0 spiro atoms. The fraction of sp³-hybridized carbons (Fsp3) is 0.400. The molecule has 0 bridgehead atoms. The van der Waals surface area contributed by atoms with Gasteiger partial charge in [0.25, 0.3) is 10.0 Å². The second-order valence-electron chi connectivity index (χ2n) is 7.49. The van der Waals surface area contributed by atoms with Gasteiger partial charge in [-0.05, 0) is 67.0 Å². The number of anilines is 1. The number of para-hydroxylation sites is 1. The van der Waals surface area contributed by atoms with Crippen molar-refractivity contribution in [1.82, 2.24) is 0 Å². The summed E-state index contributed by atoms with van der Waals surface area (Å²) in [5.41, 5.74) is 5.06. The fourth-order valence-corrected chi connectivity index (χ4v) is 4.70. The summed E-state index contributed by atoms with van der Waals surface area (Å²) >= 11 is 0. The van der Waals surface area contributed by atoms with Gasteiger partial charge in [-0.2, -0.15) is 0 Å². The minimum atomic E-state index is -3.65. The predicted molar refractivity (Wildman–Crippen MR) is 101 cm³/mol. The molecule has 2 aromatic rings. The van der Waals surface area contributed by atoms with E-state index < -0.39 is 10.0 Å². The topological polar surface area (TPSA) is 46.2 Å². The normalized spacial score (nSPS) is 12.3. The molecule has 1 N–H and O–H groups in total. The maximum absolute atomic E-state index is 13.1. The standard InChI is InChI=1S/C20H27NO2S/c1-13-12-14(2)16(4)19(15(13)3)24(22,23)21-18-11-9-8-10-17(18)20(5,6)7/h8-12,21H,1-7H3. The smallest absolute Gasteiger partial charge is 0.262 e. The molecule has 0 amide bonds. The molecule has 0 saturated heterocycles. The van der Waals surface area contributed by atoms with Gasteiger partial charge in [0.15, 0.2) is 0 Å². The lowest BCUT2D eigenvalue weighted by Gasteiger charge is -2.24. The third-order valence-electron chi connectivity index (χ3n) is 4.55. The Bertz CT molecular complexity index is 849. The Morgan fingerprint density at radius 3 is 1.88 bits per heavy atom. The molecule has 2 rings (SSSR count). The predicted octanol–water partition coefficient (Wildman–Crippen LogP) is 5.02. The van der Waals surface area contributed by atoms with Crippen molar-refractivity contribution < 1.29 is 8.42 Å². The molecule has 0 unspecified atom stereocenters. The zero-order chi connectivity index (χ0) is 18.3. The molecule has 2 aromatic carbocycles. The molecule has 3 nitrogen and oxygen atoms in total. The van der Waals surface area contributed by atoms with E-state index in [2.05, 4.69) is 25.5 Å². The lowest BCUT2D eigenvalue weighted by atomic mass is 9.86. The molecule has 4 heteroatoms. The Morgan fingerprint density at radius 2 is 1.38 bits per heavy atom. The van der Waals surface area contributed by atoms with E-state index in [0.717, 1.165) is 27.8 Å². The van der Waals surface area contributed by atoms with Gasteiger partial charge in [0.1, 0.15) is 0 Å². The van der Waals surface area contributed by atoms with Gasteiger partial charge in [0, 0.05) is 0 Å². The van der Waals surface area contributed by atoms with Gasteiger partial charge in [-0.15, -0.1) is 0 Å². The quantitative estimate of drug-likeness (QED) is 0.849. The van der Waals surface area contributed by atoms with Crippen molar-refractivity contribution in [1.29, 1.82) is 0 Å². The summed E-state index contributed by atoms with van der Waals surface area (Å²) in [6.07, 6.45) is 0. The number of sulfonamides is 1. The van der Waals surface area contributed by atoms with E-state index in [-0.39, 0.29) is 5.41 Å². The van der Waals surface area contributed by atoms with E-state index in [1.165, 1.54) is 0 Å². The van der Waals surface area contributed by atoms with Crippen LogP contribution in [0.4, 0.5) is 5.69 Å². The number of aryl methyl sites for hydroxylation is 2. The van der Waals surface area contributed by atoms with Gasteiger partial charge in [-0.3, -0.25) is 4.72 Å². The summed E-state index contributed by atoms with van der Waals surface area (Å²) in [6.45, 7) is 13.9. The highest BCUT2D eigenvalue weighted by molar-refractivity contribution is 7.92. The Kier molecular flexibility index (Phi) is 4.82. The van der Waals surface area contributed by atoms with Crippen LogP contribution in [-0.2, 0) is 15.4 Å². The second kappa shape index (κ2) is 6.25. The molecule has 0 atom stereocenters. The Balaban J connectivity index is 2.61. The van der Waals surface area contributed by atoms with Gasteiger partial charge in [-0.25, -0.2) is 8.42 Å². The highest BCUT2D eigenvalue weighted by Gasteiger charge is 2.25. The maximum atomic E-state index is 13.1. The van der Waals surface area contributed by atoms with Crippen molar-refractivity contribution in [3.8, 4) is 0 Å². The lowest BCUT2D eigenvalue weighted by Crippen LogP contribution is -2.21. The molecule has 0 radical (unpaired) electrons. The van der Waals surface area contributed by atoms with Crippen LogP contribution in [0.5, 0.6) is 0 Å². The van der Waals surface area contributed by atoms with Gasteiger partial charge < -0.3 is 0 Å². The largest absolute Gasteiger partial charge is 0.279 e. The van der Waals surface area contributed by atoms with Crippen LogP contribution in [0.3, 0.4) is 0 Å². The zero-order valence-corrected chi connectivity index (χ0v) is 16.4. The number of benzene rings is 2. The monoisotopic (exact) mass is 345 g/mol. The Hall–Kier alpha value is -1.81. The summed E-state index contributed by atoms with van der Waals surface area (Å²) in [6, 6.07) is 9.62. The molecule has 130 valence electrons. The first kappa shape index (κ1) is 18.5. The van der Waals surface area contributed by atoms with E-state index in [1.54, 1.807) is 0 Å². The zero-order valence-electron chi connectivity index (χ0n) is 15.6. The number of rotatable bonds is 3. The van der Waals surface area contributed by atoms with Crippen LogP contribution in [0.25, 0.3) is 0 Å². The number of hydrogen-bond acceptors (Lipinski definition) is 2. The summed E-state index contributed by atoms with van der Waals surface area (Å²) in [7, 11) is -3.65. The summed E-state index contributed by atoms with van der Waals surface area (Å²) in [4.78, 5) is 0.392. The van der Waals surface area contributed by atoms with E-state index in [9.17, 15) is 8.42 Å². The molecule has 0 aromatic heterocycles. The van der Waals surface area contributed by atoms with Gasteiger partial charge in [-0.1, -0.05) is 45.0 Å². The molecule has 0 aliphatic heterocycles. The average molecular weight is 346 g/mol. The van der Waals surface area contributed by atoms with Crippen LogP contribution in [0, 0.1) is 27.7 Å². The Morgan fingerprint density at radius 1 is 0.875 bits per heavy atom. The molecule has 0 saturated carbocycles. The van der Waals surface area contributed by atoms with Crippen molar-refractivity contribution in [2.75, 3.05) is 4.72 Å². The van der Waals surface area contributed by atoms with E-state index in [0.29, 0.717) is 10.6 Å². The number of nitrogens with one attached hydrogen (secondary N) is 1. The first-order valence-corrected chi connectivity index (χ1v) is 9.63. The van der Waals surface area contributed by atoms with Crippen molar-refractivity contribution in [3.63, 3.8) is 0 Å². The van der Waals surface area contributed by atoms with Gasteiger partial charge >= 0.3 is 0 Å². The third kappa shape index (κ3) is 3.48. The minimum absolute atomic E-state index is 0.147. The van der Waals surface area contributed by atoms with Crippen molar-refractivity contribution in [3.05, 3.63) is 58.1 Å². The molecular formula is C20H27NO2S. The Labute approximate surface area is 146 Å². The number of hydrogen-bond donors (Lipinski definition) is 1. The molecule has 0 aliphatic carbocycles. The van der Waals surface area contributed by atoms with Crippen LogP contribution >= 0.6 is 0 Å². The molecule has 0 fully saturated rings. The summed E-state index contributed by atoms with van der Waals surface area (Å²) in [5.74, 6) is 0. The molecular weight excluding hydrogens is 318 g/mol. The minimum Gasteiger partial charge on any atom is -0.279 e. The summed E-state index contributed by atoms with van der Waals surface area (Å²) in [5, 5.41) is 0. The summed E-state index contributed by atoms with van der Waals surface area (Å²) < 4.78 is 29.0. The third-order valence-corrected chi connectivity index (χ3v) is 6.18. The molecule has 0 aliphatic rings. The van der Waals surface area contributed by atoms with E-state index in [4.69, 9.17) is 0 Å². The van der Waals surface area contributed by atoms with Crippen LogP contribution < -0.4 is 4.72 Å². The van der Waals surface area contributed by atoms with Gasteiger partial charge in [0.2, 0.25) is 0 Å².